The molecule has 10 nitrogen and oxygen atoms in total. The van der Waals surface area contributed by atoms with Gasteiger partial charge in [-0.15, -0.1) is 0 Å². The van der Waals surface area contributed by atoms with E-state index < -0.39 is 0 Å². The summed E-state index contributed by atoms with van der Waals surface area (Å²) in [6.07, 6.45) is 0. The highest BCUT2D eigenvalue weighted by atomic mass is 16.3. The number of para-hydroxylation sites is 3. The average Bonchev–Trinajstić information content (AvgIpc) is 1.63. The van der Waals surface area contributed by atoms with Crippen LogP contribution in [0.2, 0.25) is 0 Å². The van der Waals surface area contributed by atoms with E-state index >= 15 is 0 Å². The van der Waals surface area contributed by atoms with Crippen LogP contribution < -0.4 is 0 Å². The summed E-state index contributed by atoms with van der Waals surface area (Å²) in [5, 5.41) is 23.2. The van der Waals surface area contributed by atoms with Crippen molar-refractivity contribution in [3.63, 3.8) is 0 Å². The molecule has 0 saturated carbocycles. The predicted molar refractivity (Wildman–Crippen MR) is 502 cm³/mol. The lowest BCUT2D eigenvalue weighted by Gasteiger charge is -2.20. The first-order chi connectivity index (χ1) is 60.5. The Balaban J connectivity index is 0.750. The number of furan rings is 2. The van der Waals surface area contributed by atoms with Crippen LogP contribution in [0, 0.1) is 0 Å². The summed E-state index contributed by atoms with van der Waals surface area (Å²) >= 11 is 0. The monoisotopic (exact) mass is 1550 g/mol. The molecule has 0 bridgehead atoms. The highest BCUT2D eigenvalue weighted by molar-refractivity contribution is 6.28. The first-order valence-corrected chi connectivity index (χ1v) is 41.3. The van der Waals surface area contributed by atoms with Gasteiger partial charge < -0.3 is 18.0 Å². The van der Waals surface area contributed by atoms with Crippen LogP contribution in [0.5, 0.6) is 0 Å². The van der Waals surface area contributed by atoms with Crippen LogP contribution in [0.4, 0.5) is 0 Å². The summed E-state index contributed by atoms with van der Waals surface area (Å²) in [5.74, 6) is 3.27. The summed E-state index contributed by atoms with van der Waals surface area (Å²) in [7, 11) is 0. The second kappa shape index (κ2) is 26.5. The fourth-order valence-corrected chi connectivity index (χ4v) is 19.6. The van der Waals surface area contributed by atoms with Gasteiger partial charge in [0.2, 0.25) is 0 Å². The molecule has 122 heavy (non-hydrogen) atoms. The van der Waals surface area contributed by atoms with Gasteiger partial charge >= 0.3 is 0 Å². The molecule has 10 heteroatoms. The minimum atomic E-state index is 0.513. The third kappa shape index (κ3) is 10.4. The maximum Gasteiger partial charge on any atom is 0.166 e. The van der Waals surface area contributed by atoms with E-state index in [1.54, 1.807) is 0 Å². The first-order valence-electron chi connectivity index (χ1n) is 41.3. The Kier molecular flexibility index (Phi) is 14.7. The molecule has 20 aromatic carbocycles. The van der Waals surface area contributed by atoms with Gasteiger partial charge in [-0.25, -0.2) is 29.9 Å². The maximum absolute atomic E-state index is 7.54. The average molecular weight is 1550 g/mol. The van der Waals surface area contributed by atoms with E-state index in [4.69, 9.17) is 38.7 Å². The van der Waals surface area contributed by atoms with Crippen LogP contribution in [0.25, 0.3) is 265 Å². The molecule has 26 aromatic rings. The fourth-order valence-electron chi connectivity index (χ4n) is 19.6. The van der Waals surface area contributed by atoms with Gasteiger partial charge in [-0.2, -0.15) is 0 Å². The van der Waals surface area contributed by atoms with Gasteiger partial charge in [-0.3, -0.25) is 0 Å². The summed E-state index contributed by atoms with van der Waals surface area (Å²) in [6, 6.07) is 139. The first kappa shape index (κ1) is 67.6. The van der Waals surface area contributed by atoms with Crippen molar-refractivity contribution < 1.29 is 8.83 Å². The summed E-state index contributed by atoms with van der Waals surface area (Å²) in [5.41, 5.74) is 18.3. The van der Waals surface area contributed by atoms with E-state index in [1.807, 2.05) is 24.3 Å². The molecule has 6 aromatic heterocycles. The summed E-state index contributed by atoms with van der Waals surface area (Å²) in [6.45, 7) is 0. The van der Waals surface area contributed by atoms with Gasteiger partial charge in [0.15, 0.2) is 34.9 Å². The number of aromatic nitrogens is 8. The normalized spacial score (nSPS) is 12.1. The van der Waals surface area contributed by atoms with E-state index in [2.05, 4.69) is 373 Å². The van der Waals surface area contributed by atoms with Gasteiger partial charge in [0, 0.05) is 65.5 Å². The highest BCUT2D eigenvalue weighted by Gasteiger charge is 2.31. The van der Waals surface area contributed by atoms with Crippen molar-refractivity contribution in [2.45, 2.75) is 0 Å². The molecule has 0 aliphatic rings. The third-order valence-electron chi connectivity index (χ3n) is 25.1. The largest absolute Gasteiger partial charge is 0.456 e. The van der Waals surface area contributed by atoms with Crippen molar-refractivity contribution in [3.05, 3.63) is 388 Å². The Hall–Kier alpha value is -16.6. The van der Waals surface area contributed by atoms with E-state index in [0.29, 0.717) is 34.9 Å². The van der Waals surface area contributed by atoms with Gasteiger partial charge in [0.05, 0.1) is 49.8 Å². The standard InChI is InChI=1S/C112H64N8O2/c1-3-26-65(27-4-1)68-37-23-39-76(56-68)108-115-109(84-48-24-36-66-28-11-13-40-77(66)84)118-112(116-108)103-83-53-52-75(59-92(83)106-102(86-46-19-22-51-99(86)122-106)105(103)119-94-49-20-17-44-82(94)89-57-69-31-7-9-33-71(69)61-95(89)119)79-47-25-38-74-63-97-91(64-88(74)79)90-58-70-32-8-10-34-72(70)62-96(90)120(97)104-87(54-55-100-101(104)85-45-18-21-50-98(85)121-100)110-113-107(67-29-5-2-6-30-67)114-111(117-110)93-60-73-35-12-14-41-78(73)80-42-15-16-43-81(80)93/h1-64H. The molecular formula is C112H64N8O2. The molecule has 564 valence electrons. The van der Waals surface area contributed by atoms with Gasteiger partial charge in [0.1, 0.15) is 22.3 Å². The lowest BCUT2D eigenvalue weighted by molar-refractivity contribution is 0.669. The molecule has 0 aliphatic heterocycles. The van der Waals surface area contributed by atoms with Crippen LogP contribution >= 0.6 is 0 Å². The molecule has 0 unspecified atom stereocenters. The summed E-state index contributed by atoms with van der Waals surface area (Å²) < 4.78 is 19.4. The molecule has 0 aliphatic carbocycles. The Morgan fingerprint density at radius 1 is 0.180 bits per heavy atom. The highest BCUT2D eigenvalue weighted by Crippen LogP contribution is 2.52. The summed E-state index contributed by atoms with van der Waals surface area (Å²) in [4.78, 5) is 34.0. The molecule has 26 rings (SSSR count). The Morgan fingerprint density at radius 2 is 0.656 bits per heavy atom. The number of rotatable bonds is 10. The molecular weight excluding hydrogens is 1490 g/mol. The van der Waals surface area contributed by atoms with Crippen LogP contribution in [0.1, 0.15) is 0 Å². The van der Waals surface area contributed by atoms with E-state index in [1.165, 1.54) is 0 Å². The molecule has 0 atom stereocenters. The minimum absolute atomic E-state index is 0.513. The lowest BCUT2D eigenvalue weighted by Crippen LogP contribution is -2.05. The third-order valence-corrected chi connectivity index (χ3v) is 25.1. The molecule has 6 heterocycles. The molecule has 0 spiro atoms. The molecule has 0 saturated heterocycles. The van der Waals surface area contributed by atoms with Gasteiger partial charge in [0.25, 0.3) is 0 Å². The SMILES string of the molecule is c1ccc(-c2cccc(-c3nc(-c4cccc5ccccc45)nc(-c4c(-n5c6ccccc6c6cc7ccccc7cc65)c5c6ccccc6oc5c5cc(-c6cccc7cc8c(cc67)c6cc7ccccc7cc6n8-c6c(-c7nc(-c8ccccc8)nc(-c8cc9ccccc9c9ccccc89)n7)ccc7oc8ccccc8c67)ccc45)n3)c2)cc1. The number of hydrogen-bond acceptors (Lipinski definition) is 8. The zero-order valence-corrected chi connectivity index (χ0v) is 65.3. The second-order valence-electron chi connectivity index (χ2n) is 31.9. The van der Waals surface area contributed by atoms with Gasteiger partial charge in [-0.05, 0) is 177 Å². The Bertz CT molecular complexity index is 8980. The van der Waals surface area contributed by atoms with Gasteiger partial charge in [-0.1, -0.05) is 303 Å². The van der Waals surface area contributed by atoms with Crippen LogP contribution in [-0.2, 0) is 0 Å². The van der Waals surface area contributed by atoms with Crippen molar-refractivity contribution in [1.82, 2.24) is 39.0 Å². The van der Waals surface area contributed by atoms with Crippen molar-refractivity contribution in [3.8, 4) is 102 Å². The van der Waals surface area contributed by atoms with E-state index in [9.17, 15) is 0 Å². The number of hydrogen-bond donors (Lipinski definition) is 0. The molecule has 0 amide bonds. The second-order valence-corrected chi connectivity index (χ2v) is 31.9. The Morgan fingerprint density at radius 3 is 1.39 bits per heavy atom. The minimum Gasteiger partial charge on any atom is -0.456 e. The molecule has 0 N–H and O–H groups in total. The fraction of sp³-hybridized carbons (Fsp3) is 0. The van der Waals surface area contributed by atoms with E-state index in [-0.39, 0.29) is 0 Å². The topological polar surface area (TPSA) is 113 Å². The zero-order valence-electron chi connectivity index (χ0n) is 65.3. The van der Waals surface area contributed by atoms with Crippen molar-refractivity contribution in [1.29, 1.82) is 0 Å². The number of fused-ring (bicyclic) bond motifs is 21. The maximum atomic E-state index is 7.54. The van der Waals surface area contributed by atoms with Crippen LogP contribution in [0.15, 0.2) is 397 Å². The van der Waals surface area contributed by atoms with Crippen molar-refractivity contribution in [2.24, 2.45) is 0 Å². The van der Waals surface area contributed by atoms with Crippen molar-refractivity contribution >= 4 is 163 Å². The molecule has 0 radical (unpaired) electrons. The number of nitrogens with zero attached hydrogens (tertiary/aromatic N) is 8. The smallest absolute Gasteiger partial charge is 0.166 e. The zero-order chi connectivity index (χ0) is 79.8. The van der Waals surface area contributed by atoms with Crippen LogP contribution in [0.3, 0.4) is 0 Å². The van der Waals surface area contributed by atoms with E-state index in [0.717, 1.165) is 230 Å². The predicted octanol–water partition coefficient (Wildman–Crippen LogP) is 29.5. The molecule has 0 fully saturated rings. The quantitative estimate of drug-likeness (QED) is 0.124. The Labute approximate surface area is 696 Å². The number of benzene rings is 20. The lowest BCUT2D eigenvalue weighted by atomic mass is 9.91. The van der Waals surface area contributed by atoms with Crippen LogP contribution in [-0.4, -0.2) is 39.0 Å². The van der Waals surface area contributed by atoms with Crippen molar-refractivity contribution in [2.75, 3.05) is 0 Å².